The predicted molar refractivity (Wildman–Crippen MR) is 112 cm³/mol. The van der Waals surface area contributed by atoms with Crippen molar-refractivity contribution in [2.75, 3.05) is 11.5 Å². The first-order valence-corrected chi connectivity index (χ1v) is 10.1. The van der Waals surface area contributed by atoms with Crippen LogP contribution in [0.5, 0.6) is 0 Å². The second-order valence-corrected chi connectivity index (χ2v) is 7.97. The first-order chi connectivity index (χ1) is 13.5. The fraction of sp³-hybridized carbons (Fsp3) is 0.217. The van der Waals surface area contributed by atoms with Gasteiger partial charge in [-0.05, 0) is 48.9 Å². The van der Waals surface area contributed by atoms with Gasteiger partial charge in [-0.15, -0.1) is 11.3 Å². The maximum atomic E-state index is 12.7. The lowest BCUT2D eigenvalue weighted by Gasteiger charge is -2.22. The summed E-state index contributed by atoms with van der Waals surface area (Å²) in [7, 11) is 0. The van der Waals surface area contributed by atoms with Crippen LogP contribution >= 0.6 is 11.3 Å². The fourth-order valence-corrected chi connectivity index (χ4v) is 4.44. The molecule has 0 aliphatic carbocycles. The third-order valence-electron chi connectivity index (χ3n) is 5.02. The number of fused-ring (bicyclic) bond motifs is 1. The number of carbonyl (C=O) groups is 2. The summed E-state index contributed by atoms with van der Waals surface area (Å²) in [5, 5.41) is 1.87. The molecule has 0 radical (unpaired) electrons. The summed E-state index contributed by atoms with van der Waals surface area (Å²) in [6, 6.07) is 17.8. The monoisotopic (exact) mass is 391 g/mol. The Morgan fingerprint density at radius 3 is 2.64 bits per heavy atom. The molecule has 0 spiro atoms. The second kappa shape index (κ2) is 7.60. The Balaban J connectivity index is 1.46. The summed E-state index contributed by atoms with van der Waals surface area (Å²) in [6.07, 6.45) is 0.818. The van der Waals surface area contributed by atoms with E-state index in [0.717, 1.165) is 34.4 Å². The summed E-state index contributed by atoms with van der Waals surface area (Å²) >= 11 is 1.33. The van der Waals surface area contributed by atoms with E-state index in [-0.39, 0.29) is 18.6 Å². The SMILES string of the molecule is Cc1ccc(-c2ccsc2C(=O)OCC(=O)N2c3ccccc3C[C@H]2C)cc1. The van der Waals surface area contributed by atoms with Gasteiger partial charge in [0.1, 0.15) is 4.88 Å². The van der Waals surface area contributed by atoms with E-state index in [0.29, 0.717) is 4.88 Å². The van der Waals surface area contributed by atoms with Gasteiger partial charge in [0.05, 0.1) is 0 Å². The smallest absolute Gasteiger partial charge is 0.349 e. The Hall–Kier alpha value is -2.92. The first-order valence-electron chi connectivity index (χ1n) is 9.26. The molecule has 1 atom stereocenters. The quantitative estimate of drug-likeness (QED) is 0.597. The third kappa shape index (κ3) is 3.45. The number of ether oxygens (including phenoxy) is 1. The molecule has 0 unspecified atom stereocenters. The second-order valence-electron chi connectivity index (χ2n) is 7.05. The molecule has 2 aromatic carbocycles. The highest BCUT2D eigenvalue weighted by Gasteiger charge is 2.31. The molecule has 4 rings (SSSR count). The van der Waals surface area contributed by atoms with Gasteiger partial charge in [-0.2, -0.15) is 0 Å². The van der Waals surface area contributed by atoms with E-state index in [1.54, 1.807) is 4.90 Å². The minimum atomic E-state index is -0.459. The van der Waals surface area contributed by atoms with Crippen LogP contribution < -0.4 is 4.90 Å². The maximum absolute atomic E-state index is 12.7. The zero-order chi connectivity index (χ0) is 19.7. The highest BCUT2D eigenvalue weighted by Crippen LogP contribution is 2.32. The van der Waals surface area contributed by atoms with E-state index in [1.807, 2.05) is 73.8 Å². The third-order valence-corrected chi connectivity index (χ3v) is 5.91. The van der Waals surface area contributed by atoms with Gasteiger partial charge in [0.2, 0.25) is 0 Å². The largest absolute Gasteiger partial charge is 0.451 e. The summed E-state index contributed by atoms with van der Waals surface area (Å²) in [5.74, 6) is -0.654. The molecule has 1 aliphatic rings. The van der Waals surface area contributed by atoms with Gasteiger partial charge in [0.15, 0.2) is 6.61 Å². The normalized spacial score (nSPS) is 15.4. The molecule has 142 valence electrons. The first kappa shape index (κ1) is 18.4. The molecular formula is C23H21NO3S. The summed E-state index contributed by atoms with van der Waals surface area (Å²) < 4.78 is 5.39. The van der Waals surface area contributed by atoms with Crippen LogP contribution in [0.3, 0.4) is 0 Å². The highest BCUT2D eigenvalue weighted by molar-refractivity contribution is 7.12. The minimum Gasteiger partial charge on any atom is -0.451 e. The van der Waals surface area contributed by atoms with Crippen molar-refractivity contribution >= 4 is 28.9 Å². The number of nitrogens with zero attached hydrogens (tertiary/aromatic N) is 1. The Bertz CT molecular complexity index is 1020. The van der Waals surface area contributed by atoms with Crippen LogP contribution in [0.25, 0.3) is 11.1 Å². The molecule has 5 heteroatoms. The molecule has 1 aromatic heterocycles. The lowest BCUT2D eigenvalue weighted by molar-refractivity contribution is -0.122. The van der Waals surface area contributed by atoms with Crippen LogP contribution in [-0.4, -0.2) is 24.5 Å². The molecular weight excluding hydrogens is 370 g/mol. The average molecular weight is 391 g/mol. The Kier molecular flexibility index (Phi) is 5.01. The molecule has 1 aliphatic heterocycles. The van der Waals surface area contributed by atoms with Gasteiger partial charge in [0, 0.05) is 17.3 Å². The molecule has 1 amide bonds. The van der Waals surface area contributed by atoms with Crippen molar-refractivity contribution in [2.45, 2.75) is 26.3 Å². The molecule has 0 fully saturated rings. The number of benzene rings is 2. The van der Waals surface area contributed by atoms with E-state index < -0.39 is 5.97 Å². The van der Waals surface area contributed by atoms with Crippen molar-refractivity contribution in [3.05, 3.63) is 76.0 Å². The Labute approximate surface area is 168 Å². The van der Waals surface area contributed by atoms with E-state index in [4.69, 9.17) is 4.74 Å². The standard InChI is InChI=1S/C23H21NO3S/c1-15-7-9-17(10-8-15)19-11-12-28-22(19)23(26)27-14-21(25)24-16(2)13-18-5-3-4-6-20(18)24/h3-12,16H,13-14H2,1-2H3/t16-/m1/s1. The van der Waals surface area contributed by atoms with Crippen LogP contribution in [0.4, 0.5) is 5.69 Å². The number of para-hydroxylation sites is 1. The van der Waals surface area contributed by atoms with Crippen LogP contribution in [0.1, 0.15) is 27.7 Å². The highest BCUT2D eigenvalue weighted by atomic mass is 32.1. The van der Waals surface area contributed by atoms with Crippen LogP contribution in [0.15, 0.2) is 60.0 Å². The minimum absolute atomic E-state index is 0.0634. The molecule has 0 saturated heterocycles. The van der Waals surface area contributed by atoms with Crippen LogP contribution in [0.2, 0.25) is 0 Å². The summed E-state index contributed by atoms with van der Waals surface area (Å²) in [4.78, 5) is 27.6. The van der Waals surface area contributed by atoms with Gasteiger partial charge in [-0.3, -0.25) is 4.79 Å². The van der Waals surface area contributed by atoms with Crippen molar-refractivity contribution in [2.24, 2.45) is 0 Å². The van der Waals surface area contributed by atoms with E-state index in [9.17, 15) is 9.59 Å². The zero-order valence-electron chi connectivity index (χ0n) is 15.8. The maximum Gasteiger partial charge on any atom is 0.349 e. The van der Waals surface area contributed by atoms with Gasteiger partial charge in [0.25, 0.3) is 5.91 Å². The molecule has 0 saturated carbocycles. The fourth-order valence-electron chi connectivity index (χ4n) is 3.64. The van der Waals surface area contributed by atoms with Crippen molar-refractivity contribution < 1.29 is 14.3 Å². The molecule has 2 heterocycles. The topological polar surface area (TPSA) is 46.6 Å². The molecule has 3 aromatic rings. The number of anilines is 1. The summed E-state index contributed by atoms with van der Waals surface area (Å²) in [5.41, 5.74) is 5.02. The van der Waals surface area contributed by atoms with Crippen molar-refractivity contribution in [3.63, 3.8) is 0 Å². The lowest BCUT2D eigenvalue weighted by Crippen LogP contribution is -2.38. The van der Waals surface area contributed by atoms with E-state index in [2.05, 4.69) is 0 Å². The Morgan fingerprint density at radius 2 is 1.86 bits per heavy atom. The van der Waals surface area contributed by atoms with Crippen molar-refractivity contribution in [3.8, 4) is 11.1 Å². The van der Waals surface area contributed by atoms with Gasteiger partial charge >= 0.3 is 5.97 Å². The van der Waals surface area contributed by atoms with E-state index >= 15 is 0 Å². The number of aryl methyl sites for hydroxylation is 1. The number of hydrogen-bond donors (Lipinski definition) is 0. The molecule has 0 bridgehead atoms. The van der Waals surface area contributed by atoms with Gasteiger partial charge < -0.3 is 9.64 Å². The number of carbonyl (C=O) groups excluding carboxylic acids is 2. The number of hydrogen-bond acceptors (Lipinski definition) is 4. The zero-order valence-corrected chi connectivity index (χ0v) is 16.7. The molecule has 0 N–H and O–H groups in total. The van der Waals surface area contributed by atoms with Crippen LogP contribution in [0, 0.1) is 6.92 Å². The van der Waals surface area contributed by atoms with Crippen LogP contribution in [-0.2, 0) is 16.0 Å². The predicted octanol–water partition coefficient (Wildman–Crippen LogP) is 4.86. The number of amides is 1. The van der Waals surface area contributed by atoms with Gasteiger partial charge in [-0.25, -0.2) is 4.79 Å². The number of thiophene rings is 1. The molecule has 28 heavy (non-hydrogen) atoms. The van der Waals surface area contributed by atoms with Crippen molar-refractivity contribution in [1.29, 1.82) is 0 Å². The number of esters is 1. The molecule has 4 nitrogen and oxygen atoms in total. The Morgan fingerprint density at radius 1 is 1.11 bits per heavy atom. The number of rotatable bonds is 4. The average Bonchev–Trinajstić information content (AvgIpc) is 3.30. The van der Waals surface area contributed by atoms with Gasteiger partial charge in [-0.1, -0.05) is 48.0 Å². The van der Waals surface area contributed by atoms with E-state index in [1.165, 1.54) is 11.3 Å². The lowest BCUT2D eigenvalue weighted by atomic mass is 10.1. The summed E-state index contributed by atoms with van der Waals surface area (Å²) in [6.45, 7) is 3.77. The van der Waals surface area contributed by atoms with Crippen molar-refractivity contribution in [1.82, 2.24) is 0 Å².